The molecule has 33 heavy (non-hydrogen) atoms. The summed E-state index contributed by atoms with van der Waals surface area (Å²) in [5.74, 6) is 0.740. The Morgan fingerprint density at radius 1 is 1.00 bits per heavy atom. The molecule has 3 rings (SSSR count). The molecular formula is C24H28N2O5S2. The van der Waals surface area contributed by atoms with Gasteiger partial charge in [-0.3, -0.25) is 9.10 Å². The molecule has 0 spiro atoms. The van der Waals surface area contributed by atoms with Crippen LogP contribution in [0, 0.1) is 5.92 Å². The number of amides is 1. The molecule has 1 heterocycles. The first-order valence-corrected chi connectivity index (χ1v) is 12.7. The van der Waals surface area contributed by atoms with Crippen molar-refractivity contribution in [3.8, 4) is 11.5 Å². The highest BCUT2D eigenvalue weighted by molar-refractivity contribution is 7.94. The number of anilines is 1. The van der Waals surface area contributed by atoms with Crippen molar-refractivity contribution in [1.29, 1.82) is 0 Å². The lowest BCUT2D eigenvalue weighted by molar-refractivity contribution is -0.120. The molecule has 1 aromatic heterocycles. The summed E-state index contributed by atoms with van der Waals surface area (Å²) in [5, 5.41) is 4.69. The van der Waals surface area contributed by atoms with Gasteiger partial charge in [-0.1, -0.05) is 44.2 Å². The van der Waals surface area contributed by atoms with Crippen LogP contribution in [-0.4, -0.2) is 35.1 Å². The molecule has 2 aromatic carbocycles. The van der Waals surface area contributed by atoms with Crippen LogP contribution in [0.4, 0.5) is 5.69 Å². The lowest BCUT2D eigenvalue weighted by Gasteiger charge is -2.27. The quantitative estimate of drug-likeness (QED) is 0.455. The van der Waals surface area contributed by atoms with Crippen LogP contribution in [0.5, 0.6) is 11.5 Å². The fraction of sp³-hybridized carbons (Fsp3) is 0.292. The molecule has 3 aromatic rings. The van der Waals surface area contributed by atoms with Crippen LogP contribution in [-0.2, 0) is 14.8 Å². The predicted molar refractivity (Wildman–Crippen MR) is 131 cm³/mol. The molecular weight excluding hydrogens is 460 g/mol. The highest BCUT2D eigenvalue weighted by Crippen LogP contribution is 2.33. The number of hydrogen-bond donors (Lipinski definition) is 1. The molecule has 0 aliphatic heterocycles. The number of sulfonamides is 1. The minimum absolute atomic E-state index is 0.0796. The zero-order chi connectivity index (χ0) is 24.0. The van der Waals surface area contributed by atoms with Gasteiger partial charge >= 0.3 is 0 Å². The third kappa shape index (κ3) is 5.66. The standard InChI is InChI=1S/C24H28N2O5S2/c1-17(2)24(18-11-13-19(30-3)14-12-18)25-22(27)16-26(20-8-5-6-9-21(20)31-4)33(28,29)23-10-7-15-32-23/h5-15,17,24H,16H2,1-4H3,(H,25,27)/t24-/m0/s1. The Balaban J connectivity index is 1.92. The number of rotatable bonds is 10. The number of hydrogen-bond acceptors (Lipinski definition) is 6. The Hall–Kier alpha value is -3.04. The third-order valence-electron chi connectivity index (χ3n) is 5.14. The topological polar surface area (TPSA) is 84.9 Å². The van der Waals surface area contributed by atoms with Crippen molar-refractivity contribution in [2.24, 2.45) is 5.92 Å². The van der Waals surface area contributed by atoms with Crippen LogP contribution in [0.15, 0.2) is 70.3 Å². The number of nitrogens with zero attached hydrogens (tertiary/aromatic N) is 1. The molecule has 0 aliphatic carbocycles. The van der Waals surface area contributed by atoms with Crippen molar-refractivity contribution in [3.63, 3.8) is 0 Å². The number of nitrogens with one attached hydrogen (secondary N) is 1. The van der Waals surface area contributed by atoms with Gasteiger partial charge in [0.1, 0.15) is 22.3 Å². The summed E-state index contributed by atoms with van der Waals surface area (Å²) in [6, 6.07) is 17.1. The summed E-state index contributed by atoms with van der Waals surface area (Å²) in [6.45, 7) is 3.60. The van der Waals surface area contributed by atoms with E-state index in [1.165, 1.54) is 13.2 Å². The van der Waals surface area contributed by atoms with Gasteiger partial charge < -0.3 is 14.8 Å². The third-order valence-corrected chi connectivity index (χ3v) is 8.27. The van der Waals surface area contributed by atoms with Gasteiger partial charge in [-0.2, -0.15) is 0 Å². The van der Waals surface area contributed by atoms with Crippen LogP contribution >= 0.6 is 11.3 Å². The van der Waals surface area contributed by atoms with Crippen molar-refractivity contribution < 1.29 is 22.7 Å². The Morgan fingerprint density at radius 3 is 2.27 bits per heavy atom. The summed E-state index contributed by atoms with van der Waals surface area (Å²) in [6.07, 6.45) is 0. The van der Waals surface area contributed by atoms with Gasteiger partial charge in [-0.25, -0.2) is 8.42 Å². The molecule has 0 fully saturated rings. The summed E-state index contributed by atoms with van der Waals surface area (Å²) in [7, 11) is -0.914. The van der Waals surface area contributed by atoms with Crippen molar-refractivity contribution in [2.75, 3.05) is 25.1 Å². The van der Waals surface area contributed by atoms with Gasteiger partial charge in [-0.05, 0) is 47.2 Å². The van der Waals surface area contributed by atoms with Gasteiger partial charge in [0.25, 0.3) is 10.0 Å². The Morgan fingerprint density at radius 2 is 1.70 bits per heavy atom. The van der Waals surface area contributed by atoms with Crippen molar-refractivity contribution in [1.82, 2.24) is 5.32 Å². The second-order valence-corrected chi connectivity index (χ2v) is 10.7. The monoisotopic (exact) mass is 488 g/mol. The van der Waals surface area contributed by atoms with E-state index in [9.17, 15) is 13.2 Å². The highest BCUT2D eigenvalue weighted by atomic mass is 32.2. The van der Waals surface area contributed by atoms with Crippen LogP contribution in [0.1, 0.15) is 25.5 Å². The Bertz CT molecular complexity index is 1160. The molecule has 0 radical (unpaired) electrons. The highest BCUT2D eigenvalue weighted by Gasteiger charge is 2.31. The molecule has 0 saturated heterocycles. The van der Waals surface area contributed by atoms with Crippen molar-refractivity contribution in [3.05, 3.63) is 71.6 Å². The van der Waals surface area contributed by atoms with Crippen LogP contribution < -0.4 is 19.1 Å². The second-order valence-electron chi connectivity index (χ2n) is 7.68. The summed E-state index contributed by atoms with van der Waals surface area (Å²) in [5.41, 5.74) is 1.21. The lowest BCUT2D eigenvalue weighted by atomic mass is 9.96. The van der Waals surface area contributed by atoms with Gasteiger partial charge in [0.05, 0.1) is 25.9 Å². The Kier molecular flexibility index (Phi) is 7.99. The first-order valence-electron chi connectivity index (χ1n) is 10.4. The molecule has 0 aliphatic rings. The van der Waals surface area contributed by atoms with Crippen LogP contribution in [0.3, 0.4) is 0 Å². The van der Waals surface area contributed by atoms with Crippen molar-refractivity contribution in [2.45, 2.75) is 24.1 Å². The normalized spacial score (nSPS) is 12.3. The molecule has 1 amide bonds. The number of benzene rings is 2. The summed E-state index contributed by atoms with van der Waals surface area (Å²) in [4.78, 5) is 13.2. The maximum atomic E-state index is 13.4. The molecule has 7 nitrogen and oxygen atoms in total. The van der Waals surface area contributed by atoms with E-state index in [0.29, 0.717) is 11.4 Å². The first kappa shape index (κ1) is 24.6. The van der Waals surface area contributed by atoms with E-state index in [1.54, 1.807) is 42.8 Å². The van der Waals surface area contributed by atoms with E-state index in [-0.39, 0.29) is 22.7 Å². The average molecular weight is 489 g/mol. The molecule has 9 heteroatoms. The summed E-state index contributed by atoms with van der Waals surface area (Å²) >= 11 is 1.10. The Labute approximate surface area is 199 Å². The van der Waals surface area contributed by atoms with E-state index >= 15 is 0 Å². The van der Waals surface area contributed by atoms with E-state index < -0.39 is 15.9 Å². The number of thiophene rings is 1. The van der Waals surface area contributed by atoms with Crippen molar-refractivity contribution >= 4 is 33.0 Å². The van der Waals surface area contributed by atoms with Gasteiger partial charge in [0, 0.05) is 0 Å². The van der Waals surface area contributed by atoms with Gasteiger partial charge in [0.15, 0.2) is 0 Å². The fourth-order valence-corrected chi connectivity index (χ4v) is 5.99. The largest absolute Gasteiger partial charge is 0.497 e. The maximum absolute atomic E-state index is 13.4. The molecule has 0 bridgehead atoms. The minimum Gasteiger partial charge on any atom is -0.497 e. The predicted octanol–water partition coefficient (Wildman–Crippen LogP) is 4.47. The fourth-order valence-electron chi connectivity index (χ4n) is 3.45. The molecule has 176 valence electrons. The molecule has 0 unspecified atom stereocenters. The SMILES string of the molecule is COc1ccc([C@@H](NC(=O)CN(c2ccccc2OC)S(=O)(=O)c2cccs2)C(C)C)cc1. The second kappa shape index (κ2) is 10.7. The first-order chi connectivity index (χ1) is 15.8. The van der Waals surface area contributed by atoms with Crippen LogP contribution in [0.2, 0.25) is 0 Å². The minimum atomic E-state index is -3.97. The van der Waals surface area contributed by atoms with Gasteiger partial charge in [0.2, 0.25) is 5.91 Å². The van der Waals surface area contributed by atoms with E-state index in [0.717, 1.165) is 27.0 Å². The van der Waals surface area contributed by atoms with Gasteiger partial charge in [-0.15, -0.1) is 11.3 Å². The lowest BCUT2D eigenvalue weighted by Crippen LogP contribution is -2.42. The number of carbonyl (C=O) groups is 1. The molecule has 1 N–H and O–H groups in total. The van der Waals surface area contributed by atoms with E-state index in [2.05, 4.69) is 5.32 Å². The maximum Gasteiger partial charge on any atom is 0.274 e. The van der Waals surface area contributed by atoms with E-state index in [4.69, 9.17) is 9.47 Å². The average Bonchev–Trinajstić information content (AvgIpc) is 3.37. The number of ether oxygens (including phenoxy) is 2. The molecule has 0 saturated carbocycles. The zero-order valence-electron chi connectivity index (χ0n) is 19.0. The zero-order valence-corrected chi connectivity index (χ0v) is 20.7. The van der Waals surface area contributed by atoms with E-state index in [1.807, 2.05) is 38.1 Å². The smallest absolute Gasteiger partial charge is 0.274 e. The number of methoxy groups -OCH3 is 2. The van der Waals surface area contributed by atoms with Crippen LogP contribution in [0.25, 0.3) is 0 Å². The number of carbonyl (C=O) groups excluding carboxylic acids is 1. The number of para-hydroxylation sites is 2. The molecule has 1 atom stereocenters. The summed E-state index contributed by atoms with van der Waals surface area (Å²) < 4.78 is 38.7.